The minimum Gasteiger partial charge on any atom is -0.484 e. The number of benzene rings is 2. The molecular weight excluding hydrogens is 434 g/mol. The summed E-state index contributed by atoms with van der Waals surface area (Å²) >= 11 is 1.52. The van der Waals surface area contributed by atoms with Gasteiger partial charge in [-0.05, 0) is 62.6 Å². The number of aromatic nitrogens is 1. The first-order valence-electron chi connectivity index (χ1n) is 9.90. The predicted octanol–water partition coefficient (Wildman–Crippen LogP) is 3.78. The molecule has 0 unspecified atom stereocenters. The number of carbonyl (C=O) groups excluding carboxylic acids is 1. The smallest absolute Gasteiger partial charge is 0.264 e. The Hall–Kier alpha value is -2.91. The van der Waals surface area contributed by atoms with Gasteiger partial charge in [0.1, 0.15) is 5.75 Å². The predicted molar refractivity (Wildman–Crippen MR) is 121 cm³/mol. The zero-order valence-corrected chi connectivity index (χ0v) is 18.9. The molecule has 1 aromatic heterocycles. The number of amides is 1. The van der Waals surface area contributed by atoms with Gasteiger partial charge in [0.05, 0.1) is 16.3 Å². The maximum Gasteiger partial charge on any atom is 0.264 e. The summed E-state index contributed by atoms with van der Waals surface area (Å²) in [5.41, 5.74) is 2.57. The molecule has 9 heteroatoms. The second-order valence-electron chi connectivity index (χ2n) is 7.36. The minimum absolute atomic E-state index is 0.152. The first-order chi connectivity index (χ1) is 14.8. The van der Waals surface area contributed by atoms with Gasteiger partial charge in [0.25, 0.3) is 15.9 Å². The number of thiazole rings is 1. The van der Waals surface area contributed by atoms with E-state index in [0.29, 0.717) is 16.6 Å². The molecule has 0 aliphatic heterocycles. The molecule has 0 saturated carbocycles. The Morgan fingerprint density at radius 1 is 1.13 bits per heavy atom. The summed E-state index contributed by atoms with van der Waals surface area (Å²) in [6.07, 6.45) is 3.13. The van der Waals surface area contributed by atoms with Crippen LogP contribution in [0.3, 0.4) is 0 Å². The van der Waals surface area contributed by atoms with Crippen molar-refractivity contribution < 1.29 is 17.9 Å². The van der Waals surface area contributed by atoms with Crippen molar-refractivity contribution in [2.24, 2.45) is 0 Å². The Kier molecular flexibility index (Phi) is 5.97. The molecular formula is C22H23N3O4S2. The molecule has 2 aromatic carbocycles. The third kappa shape index (κ3) is 4.72. The highest BCUT2D eigenvalue weighted by Crippen LogP contribution is 2.30. The van der Waals surface area contributed by atoms with Crippen LogP contribution < -0.4 is 14.4 Å². The van der Waals surface area contributed by atoms with Crippen LogP contribution in [0.15, 0.2) is 53.4 Å². The summed E-state index contributed by atoms with van der Waals surface area (Å²) in [7, 11) is -2.15. The van der Waals surface area contributed by atoms with Gasteiger partial charge in [-0.2, -0.15) is 0 Å². The number of nitrogens with one attached hydrogen (secondary N) is 1. The zero-order chi connectivity index (χ0) is 22.0. The molecule has 0 atom stereocenters. The number of rotatable bonds is 7. The van der Waals surface area contributed by atoms with Crippen LogP contribution in [0, 0.1) is 6.92 Å². The van der Waals surface area contributed by atoms with E-state index in [1.807, 2.05) is 6.92 Å². The van der Waals surface area contributed by atoms with Gasteiger partial charge in [0.2, 0.25) is 0 Å². The lowest BCUT2D eigenvalue weighted by atomic mass is 10.2. The molecule has 31 heavy (non-hydrogen) atoms. The SMILES string of the molecule is Cc1ccc(S(=O)(=O)N(C)c2ccc(OCC(=O)Nc3nc4c(s3)CCC4)cc2)cc1. The molecule has 1 amide bonds. The van der Waals surface area contributed by atoms with Gasteiger partial charge in [0.15, 0.2) is 11.7 Å². The van der Waals surface area contributed by atoms with Crippen LogP contribution in [0.5, 0.6) is 5.75 Å². The molecule has 3 aromatic rings. The van der Waals surface area contributed by atoms with E-state index in [9.17, 15) is 13.2 Å². The molecule has 1 N–H and O–H groups in total. The lowest BCUT2D eigenvalue weighted by molar-refractivity contribution is -0.118. The molecule has 0 radical (unpaired) electrons. The Balaban J connectivity index is 1.35. The van der Waals surface area contributed by atoms with Gasteiger partial charge in [0, 0.05) is 11.9 Å². The second-order valence-corrected chi connectivity index (χ2v) is 10.4. The van der Waals surface area contributed by atoms with Crippen molar-refractivity contribution in [3.63, 3.8) is 0 Å². The number of aryl methyl sites for hydroxylation is 3. The van der Waals surface area contributed by atoms with Crippen LogP contribution in [0.4, 0.5) is 10.8 Å². The van der Waals surface area contributed by atoms with Gasteiger partial charge in [-0.1, -0.05) is 17.7 Å². The molecule has 1 heterocycles. The summed E-state index contributed by atoms with van der Waals surface area (Å²) in [6, 6.07) is 13.3. The molecule has 0 spiro atoms. The number of fused-ring (bicyclic) bond motifs is 1. The molecule has 1 aliphatic carbocycles. The van der Waals surface area contributed by atoms with Crippen LogP contribution in [-0.4, -0.2) is 33.0 Å². The molecule has 162 valence electrons. The third-order valence-corrected chi connectivity index (χ3v) is 7.96. The maximum atomic E-state index is 12.8. The monoisotopic (exact) mass is 457 g/mol. The van der Waals surface area contributed by atoms with Gasteiger partial charge in [-0.3, -0.25) is 14.4 Å². The number of carbonyl (C=O) groups is 1. The number of hydrogen-bond acceptors (Lipinski definition) is 6. The average Bonchev–Trinajstić information content (AvgIpc) is 3.34. The van der Waals surface area contributed by atoms with E-state index in [-0.39, 0.29) is 17.4 Å². The number of anilines is 2. The summed E-state index contributed by atoms with van der Waals surface area (Å²) in [5, 5.41) is 3.38. The van der Waals surface area contributed by atoms with Gasteiger partial charge in [-0.15, -0.1) is 11.3 Å². The van der Waals surface area contributed by atoms with Crippen molar-refractivity contribution in [2.45, 2.75) is 31.1 Å². The normalized spacial score (nSPS) is 13.0. The lowest BCUT2D eigenvalue weighted by Gasteiger charge is -2.20. The van der Waals surface area contributed by atoms with Crippen LogP contribution >= 0.6 is 11.3 Å². The van der Waals surface area contributed by atoms with E-state index < -0.39 is 10.0 Å². The highest BCUT2D eigenvalue weighted by Gasteiger charge is 2.21. The third-order valence-electron chi connectivity index (χ3n) is 5.09. The lowest BCUT2D eigenvalue weighted by Crippen LogP contribution is -2.26. The molecule has 0 bridgehead atoms. The Bertz CT molecular complexity index is 1160. The van der Waals surface area contributed by atoms with Crippen molar-refractivity contribution in [1.82, 2.24) is 4.98 Å². The number of hydrogen-bond donors (Lipinski definition) is 1. The standard InChI is InChI=1S/C22H23N3O4S2/c1-15-6-12-18(13-7-15)31(27,28)25(2)16-8-10-17(11-9-16)29-14-21(26)24-22-23-19-4-3-5-20(19)30-22/h6-13H,3-5,14H2,1-2H3,(H,23,24,26). The number of sulfonamides is 1. The minimum atomic E-state index is -3.66. The molecule has 4 rings (SSSR count). The van der Waals surface area contributed by atoms with Gasteiger partial charge < -0.3 is 4.74 Å². The van der Waals surface area contributed by atoms with E-state index in [2.05, 4.69) is 10.3 Å². The Morgan fingerprint density at radius 3 is 2.52 bits per heavy atom. The van der Waals surface area contributed by atoms with E-state index >= 15 is 0 Å². The summed E-state index contributed by atoms with van der Waals surface area (Å²) in [4.78, 5) is 18.1. The molecule has 0 fully saturated rings. The Labute approximate surface area is 185 Å². The van der Waals surface area contributed by atoms with E-state index in [1.54, 1.807) is 48.5 Å². The fourth-order valence-corrected chi connectivity index (χ4v) is 5.57. The highest BCUT2D eigenvalue weighted by atomic mass is 32.2. The molecule has 1 aliphatic rings. The summed E-state index contributed by atoms with van der Waals surface area (Å²) < 4.78 is 32.4. The average molecular weight is 458 g/mol. The van der Waals surface area contributed by atoms with Crippen molar-refractivity contribution in [1.29, 1.82) is 0 Å². The van der Waals surface area contributed by atoms with Crippen LogP contribution in [-0.2, 0) is 27.7 Å². The maximum absolute atomic E-state index is 12.8. The van der Waals surface area contributed by atoms with Crippen LogP contribution in [0.25, 0.3) is 0 Å². The summed E-state index contributed by atoms with van der Waals surface area (Å²) in [5.74, 6) is 0.192. The molecule has 7 nitrogen and oxygen atoms in total. The topological polar surface area (TPSA) is 88.6 Å². The second kappa shape index (κ2) is 8.68. The van der Waals surface area contributed by atoms with Crippen molar-refractivity contribution >= 4 is 38.1 Å². The summed E-state index contributed by atoms with van der Waals surface area (Å²) in [6.45, 7) is 1.75. The van der Waals surface area contributed by atoms with Crippen molar-refractivity contribution in [3.8, 4) is 5.75 Å². The van der Waals surface area contributed by atoms with Crippen molar-refractivity contribution in [2.75, 3.05) is 23.3 Å². The van der Waals surface area contributed by atoms with E-state index in [0.717, 1.165) is 30.5 Å². The highest BCUT2D eigenvalue weighted by molar-refractivity contribution is 7.92. The zero-order valence-electron chi connectivity index (χ0n) is 17.3. The van der Waals surface area contributed by atoms with Crippen LogP contribution in [0.1, 0.15) is 22.6 Å². The number of nitrogens with zero attached hydrogens (tertiary/aromatic N) is 2. The van der Waals surface area contributed by atoms with Gasteiger partial charge in [-0.25, -0.2) is 13.4 Å². The Morgan fingerprint density at radius 2 is 1.84 bits per heavy atom. The van der Waals surface area contributed by atoms with E-state index in [1.165, 1.54) is 27.6 Å². The first-order valence-corrected chi connectivity index (χ1v) is 12.2. The fraction of sp³-hybridized carbons (Fsp3) is 0.273. The largest absolute Gasteiger partial charge is 0.484 e. The quantitative estimate of drug-likeness (QED) is 0.583. The van der Waals surface area contributed by atoms with E-state index in [4.69, 9.17) is 4.74 Å². The molecule has 0 saturated heterocycles. The fourth-order valence-electron chi connectivity index (χ4n) is 3.31. The first kappa shape index (κ1) is 21.3. The van der Waals surface area contributed by atoms with Gasteiger partial charge >= 0.3 is 0 Å². The number of ether oxygens (including phenoxy) is 1. The van der Waals surface area contributed by atoms with Crippen LogP contribution in [0.2, 0.25) is 0 Å². The van der Waals surface area contributed by atoms with Crippen molar-refractivity contribution in [3.05, 3.63) is 64.7 Å².